The fourth-order valence-electron chi connectivity index (χ4n) is 1.61. The van der Waals surface area contributed by atoms with Crippen molar-refractivity contribution in [2.75, 3.05) is 12.3 Å². The monoisotopic (exact) mass is 325 g/mol. The SMILES string of the molecule is CCOCc1nc(N)cc(-c2cc(Br)ccc2F)n1. The van der Waals surface area contributed by atoms with E-state index in [1.807, 2.05) is 6.92 Å². The maximum atomic E-state index is 13.8. The van der Waals surface area contributed by atoms with E-state index < -0.39 is 0 Å². The van der Waals surface area contributed by atoms with E-state index in [1.165, 1.54) is 6.07 Å². The normalized spacial score (nSPS) is 10.7. The molecule has 6 heteroatoms. The van der Waals surface area contributed by atoms with Gasteiger partial charge in [-0.3, -0.25) is 0 Å². The molecule has 0 fully saturated rings. The predicted octanol–water partition coefficient (Wildman–Crippen LogP) is 3.16. The van der Waals surface area contributed by atoms with Crippen LogP contribution in [0.15, 0.2) is 28.7 Å². The maximum Gasteiger partial charge on any atom is 0.157 e. The van der Waals surface area contributed by atoms with Crippen LogP contribution in [0.5, 0.6) is 0 Å². The molecule has 0 saturated carbocycles. The van der Waals surface area contributed by atoms with Gasteiger partial charge in [0.15, 0.2) is 5.82 Å². The van der Waals surface area contributed by atoms with Crippen LogP contribution in [0.25, 0.3) is 11.3 Å². The highest BCUT2D eigenvalue weighted by atomic mass is 79.9. The summed E-state index contributed by atoms with van der Waals surface area (Å²) in [4.78, 5) is 8.32. The lowest BCUT2D eigenvalue weighted by Gasteiger charge is -2.07. The standard InChI is InChI=1S/C13H13BrFN3O/c1-2-19-7-13-17-11(6-12(16)18-13)9-5-8(14)3-4-10(9)15/h3-6H,2,7H2,1H3,(H2,16,17,18). The number of nitrogens with two attached hydrogens (primary N) is 1. The first-order valence-electron chi connectivity index (χ1n) is 5.76. The van der Waals surface area contributed by atoms with Crippen molar-refractivity contribution < 1.29 is 9.13 Å². The quantitative estimate of drug-likeness (QED) is 0.937. The molecule has 0 bridgehead atoms. The second kappa shape index (κ2) is 6.08. The molecule has 0 aliphatic carbocycles. The first kappa shape index (κ1) is 13.9. The van der Waals surface area contributed by atoms with Crippen molar-refractivity contribution in [3.05, 3.63) is 40.4 Å². The highest BCUT2D eigenvalue weighted by molar-refractivity contribution is 9.10. The summed E-state index contributed by atoms with van der Waals surface area (Å²) in [5.74, 6) is 0.374. The number of ether oxygens (including phenoxy) is 1. The smallest absolute Gasteiger partial charge is 0.157 e. The summed E-state index contributed by atoms with van der Waals surface area (Å²) in [6.45, 7) is 2.68. The van der Waals surface area contributed by atoms with Crippen molar-refractivity contribution in [1.82, 2.24) is 9.97 Å². The van der Waals surface area contributed by atoms with Gasteiger partial charge in [0.2, 0.25) is 0 Å². The van der Waals surface area contributed by atoms with Gasteiger partial charge in [0.25, 0.3) is 0 Å². The molecule has 0 unspecified atom stereocenters. The summed E-state index contributed by atoms with van der Waals surface area (Å²) in [6, 6.07) is 6.20. The fraction of sp³-hybridized carbons (Fsp3) is 0.231. The van der Waals surface area contributed by atoms with Gasteiger partial charge >= 0.3 is 0 Å². The van der Waals surface area contributed by atoms with Crippen molar-refractivity contribution in [3.8, 4) is 11.3 Å². The van der Waals surface area contributed by atoms with Crippen LogP contribution in [-0.2, 0) is 11.3 Å². The molecule has 1 heterocycles. The zero-order valence-corrected chi connectivity index (χ0v) is 11.9. The Labute approximate surface area is 119 Å². The van der Waals surface area contributed by atoms with Gasteiger partial charge in [-0.1, -0.05) is 15.9 Å². The predicted molar refractivity (Wildman–Crippen MR) is 74.9 cm³/mol. The number of nitrogens with zero attached hydrogens (tertiary/aromatic N) is 2. The van der Waals surface area contributed by atoms with Crippen LogP contribution >= 0.6 is 15.9 Å². The van der Waals surface area contributed by atoms with Crippen LogP contribution in [0, 0.1) is 5.82 Å². The average Bonchev–Trinajstić information content (AvgIpc) is 2.38. The summed E-state index contributed by atoms with van der Waals surface area (Å²) in [5.41, 5.74) is 6.54. The Morgan fingerprint density at radius 2 is 2.11 bits per heavy atom. The Balaban J connectivity index is 2.43. The number of aromatic nitrogens is 2. The third-order valence-corrected chi connectivity index (χ3v) is 2.93. The van der Waals surface area contributed by atoms with Crippen molar-refractivity contribution in [1.29, 1.82) is 0 Å². The Kier molecular flexibility index (Phi) is 4.44. The first-order valence-corrected chi connectivity index (χ1v) is 6.56. The molecule has 0 amide bonds. The van der Waals surface area contributed by atoms with E-state index in [1.54, 1.807) is 18.2 Å². The summed E-state index contributed by atoms with van der Waals surface area (Å²) in [7, 11) is 0. The molecule has 0 atom stereocenters. The number of nitrogen functional groups attached to an aromatic ring is 1. The molecule has 0 aliphatic heterocycles. The molecule has 0 radical (unpaired) electrons. The Bertz CT molecular complexity index is 592. The van der Waals surface area contributed by atoms with Gasteiger partial charge < -0.3 is 10.5 Å². The van der Waals surface area contributed by atoms with Crippen molar-refractivity contribution in [3.63, 3.8) is 0 Å². The molecule has 2 aromatic rings. The Morgan fingerprint density at radius 1 is 1.32 bits per heavy atom. The number of hydrogen-bond acceptors (Lipinski definition) is 4. The van der Waals surface area contributed by atoms with Crippen LogP contribution in [-0.4, -0.2) is 16.6 Å². The minimum Gasteiger partial charge on any atom is -0.384 e. The Morgan fingerprint density at radius 3 is 2.84 bits per heavy atom. The number of anilines is 1. The largest absolute Gasteiger partial charge is 0.384 e. The zero-order valence-electron chi connectivity index (χ0n) is 10.4. The molecular weight excluding hydrogens is 313 g/mol. The second-order valence-electron chi connectivity index (χ2n) is 3.86. The number of halogens is 2. The van der Waals surface area contributed by atoms with E-state index >= 15 is 0 Å². The first-order chi connectivity index (χ1) is 9.10. The number of benzene rings is 1. The number of hydrogen-bond donors (Lipinski definition) is 1. The fourth-order valence-corrected chi connectivity index (χ4v) is 1.97. The topological polar surface area (TPSA) is 61.0 Å². The summed E-state index contributed by atoms with van der Waals surface area (Å²) in [5, 5.41) is 0. The van der Waals surface area contributed by atoms with E-state index in [-0.39, 0.29) is 12.4 Å². The molecule has 2 N–H and O–H groups in total. The third kappa shape index (κ3) is 3.48. The lowest BCUT2D eigenvalue weighted by molar-refractivity contribution is 0.128. The van der Waals surface area contributed by atoms with Gasteiger partial charge in [0.1, 0.15) is 18.2 Å². The van der Waals surface area contributed by atoms with Crippen LogP contribution < -0.4 is 5.73 Å². The average molecular weight is 326 g/mol. The second-order valence-corrected chi connectivity index (χ2v) is 4.77. The van der Waals surface area contributed by atoms with Crippen LogP contribution in [0.3, 0.4) is 0 Å². The van der Waals surface area contributed by atoms with Crippen molar-refractivity contribution in [2.24, 2.45) is 0 Å². The molecule has 0 aliphatic rings. The maximum absolute atomic E-state index is 13.8. The van der Waals surface area contributed by atoms with E-state index in [0.717, 1.165) is 4.47 Å². The van der Waals surface area contributed by atoms with Crippen molar-refractivity contribution in [2.45, 2.75) is 13.5 Å². The zero-order chi connectivity index (χ0) is 13.8. The molecular formula is C13H13BrFN3O. The van der Waals surface area contributed by atoms with E-state index in [2.05, 4.69) is 25.9 Å². The highest BCUT2D eigenvalue weighted by Gasteiger charge is 2.10. The van der Waals surface area contributed by atoms with Crippen LogP contribution in [0.1, 0.15) is 12.7 Å². The minimum absolute atomic E-state index is 0.254. The van der Waals surface area contributed by atoms with Gasteiger partial charge in [0, 0.05) is 22.7 Å². The van der Waals surface area contributed by atoms with E-state index in [9.17, 15) is 4.39 Å². The molecule has 0 spiro atoms. The summed E-state index contributed by atoms with van der Waals surface area (Å²) >= 11 is 3.31. The molecule has 0 saturated heterocycles. The van der Waals surface area contributed by atoms with Crippen LogP contribution in [0.4, 0.5) is 10.2 Å². The number of rotatable bonds is 4. The van der Waals surface area contributed by atoms with Gasteiger partial charge in [-0.2, -0.15) is 0 Å². The molecule has 4 nitrogen and oxygen atoms in total. The molecule has 2 rings (SSSR count). The van der Waals surface area contributed by atoms with Crippen LogP contribution in [0.2, 0.25) is 0 Å². The van der Waals surface area contributed by atoms with E-state index in [0.29, 0.717) is 29.5 Å². The Hall–Kier alpha value is -1.53. The van der Waals surface area contributed by atoms with E-state index in [4.69, 9.17) is 10.5 Å². The minimum atomic E-state index is -0.358. The lowest BCUT2D eigenvalue weighted by Crippen LogP contribution is -2.04. The van der Waals surface area contributed by atoms with Gasteiger partial charge in [0.05, 0.1) is 5.69 Å². The van der Waals surface area contributed by atoms with Gasteiger partial charge in [-0.15, -0.1) is 0 Å². The summed E-state index contributed by atoms with van der Waals surface area (Å²) < 4.78 is 19.8. The molecule has 19 heavy (non-hydrogen) atoms. The molecule has 100 valence electrons. The van der Waals surface area contributed by atoms with Gasteiger partial charge in [-0.05, 0) is 25.1 Å². The van der Waals surface area contributed by atoms with Crippen molar-refractivity contribution >= 4 is 21.7 Å². The highest BCUT2D eigenvalue weighted by Crippen LogP contribution is 2.25. The lowest BCUT2D eigenvalue weighted by atomic mass is 10.1. The third-order valence-electron chi connectivity index (χ3n) is 2.43. The molecule has 1 aromatic carbocycles. The molecule has 1 aromatic heterocycles. The van der Waals surface area contributed by atoms with Gasteiger partial charge in [-0.25, -0.2) is 14.4 Å². The summed E-state index contributed by atoms with van der Waals surface area (Å²) in [6.07, 6.45) is 0.